The van der Waals surface area contributed by atoms with E-state index in [-0.39, 0.29) is 5.41 Å². The molecule has 258 valence electrons. The van der Waals surface area contributed by atoms with Crippen LogP contribution in [0.3, 0.4) is 0 Å². The highest BCUT2D eigenvalue weighted by molar-refractivity contribution is 5.89. The summed E-state index contributed by atoms with van der Waals surface area (Å²) in [6.45, 7) is 0. The molecule has 1 heterocycles. The molecule has 0 radical (unpaired) electrons. The van der Waals surface area contributed by atoms with E-state index in [1.165, 1.54) is 76.6 Å². The van der Waals surface area contributed by atoms with Crippen molar-refractivity contribution in [1.82, 2.24) is 9.97 Å². The second-order valence-corrected chi connectivity index (χ2v) is 14.8. The van der Waals surface area contributed by atoms with E-state index in [0.717, 1.165) is 33.9 Å². The van der Waals surface area contributed by atoms with Gasteiger partial charge in [-0.15, -0.1) is 0 Å². The summed E-state index contributed by atoms with van der Waals surface area (Å²) in [4.78, 5) is 10.0. The van der Waals surface area contributed by atoms with E-state index in [1.54, 1.807) is 11.1 Å². The molecule has 0 atom stereocenters. The number of fused-ring (bicyclic) bond motifs is 5. The average molecular weight is 693 g/mol. The summed E-state index contributed by atoms with van der Waals surface area (Å²) in [5, 5.41) is 0. The fourth-order valence-electron chi connectivity index (χ4n) is 9.08. The standard InChI is InChI=1S/C52H40N2/c1-4-13-41(14-5-1)48-35-49(42-15-6-2-7-16-42)54-51(53-48)43-31-27-39(28-32-43)37-23-21-36(22-24-37)38-25-29-40(30-26-38)44-18-12-19-46-45-17-8-9-20-47(45)52(50(44)46)33-10-3-11-34-52/h1-2,4-9,12-32,35H,3,10-11,33-34H2. The van der Waals surface area contributed by atoms with Gasteiger partial charge in [0.2, 0.25) is 0 Å². The Morgan fingerprint density at radius 2 is 0.778 bits per heavy atom. The highest BCUT2D eigenvalue weighted by Crippen LogP contribution is 2.58. The van der Waals surface area contributed by atoms with Crippen molar-refractivity contribution in [2.75, 3.05) is 0 Å². The molecule has 0 saturated heterocycles. The van der Waals surface area contributed by atoms with Crippen molar-refractivity contribution in [1.29, 1.82) is 0 Å². The second kappa shape index (κ2) is 13.5. The third kappa shape index (κ3) is 5.67. The first-order valence-electron chi connectivity index (χ1n) is 19.3. The van der Waals surface area contributed by atoms with Crippen LogP contribution in [0.1, 0.15) is 43.2 Å². The number of nitrogens with zero attached hydrogens (tertiary/aromatic N) is 2. The molecule has 1 spiro atoms. The molecule has 0 unspecified atom stereocenters. The Morgan fingerprint density at radius 1 is 0.333 bits per heavy atom. The minimum atomic E-state index is 0.137. The first-order chi connectivity index (χ1) is 26.7. The van der Waals surface area contributed by atoms with Gasteiger partial charge in [0.05, 0.1) is 11.4 Å². The number of benzene rings is 7. The van der Waals surface area contributed by atoms with Crippen LogP contribution in [-0.2, 0) is 5.41 Å². The first-order valence-corrected chi connectivity index (χ1v) is 19.3. The van der Waals surface area contributed by atoms with Crippen LogP contribution in [0.2, 0.25) is 0 Å². The quantitative estimate of drug-likeness (QED) is 0.173. The van der Waals surface area contributed by atoms with E-state index < -0.39 is 0 Å². The van der Waals surface area contributed by atoms with Crippen molar-refractivity contribution in [2.24, 2.45) is 0 Å². The Labute approximate surface area is 317 Å². The van der Waals surface area contributed by atoms with Gasteiger partial charge in [0.15, 0.2) is 5.82 Å². The van der Waals surface area contributed by atoms with Crippen LogP contribution < -0.4 is 0 Å². The summed E-state index contributed by atoms with van der Waals surface area (Å²) in [6, 6.07) is 65.7. The Bertz CT molecular complexity index is 2520. The monoisotopic (exact) mass is 692 g/mol. The summed E-state index contributed by atoms with van der Waals surface area (Å²) in [6.07, 6.45) is 6.42. The maximum absolute atomic E-state index is 5.01. The molecule has 2 aliphatic rings. The smallest absolute Gasteiger partial charge is 0.160 e. The van der Waals surface area contributed by atoms with E-state index in [4.69, 9.17) is 9.97 Å². The van der Waals surface area contributed by atoms with Crippen molar-refractivity contribution in [3.05, 3.63) is 193 Å². The summed E-state index contributed by atoms with van der Waals surface area (Å²) < 4.78 is 0. The molecule has 7 aromatic carbocycles. The molecule has 2 aliphatic carbocycles. The maximum atomic E-state index is 5.01. The third-order valence-corrected chi connectivity index (χ3v) is 11.7. The molecule has 2 nitrogen and oxygen atoms in total. The zero-order valence-electron chi connectivity index (χ0n) is 30.3. The molecule has 8 aromatic rings. The SMILES string of the molecule is c1ccc(-c2cc(-c3ccccc3)nc(-c3ccc(-c4ccc(-c5ccc(-c6cccc7c6C6(CCCCC6)c6ccccc6-7)cc5)cc4)cc3)n2)cc1. The molecule has 1 saturated carbocycles. The van der Waals surface area contributed by atoms with Crippen LogP contribution in [-0.4, -0.2) is 9.97 Å². The zero-order valence-corrected chi connectivity index (χ0v) is 30.3. The normalized spacial score (nSPS) is 14.1. The molecule has 10 rings (SSSR count). The van der Waals surface area contributed by atoms with Crippen molar-refractivity contribution in [2.45, 2.75) is 37.5 Å². The molecule has 0 bridgehead atoms. The van der Waals surface area contributed by atoms with Gasteiger partial charge >= 0.3 is 0 Å². The molecule has 0 aliphatic heterocycles. The number of aromatic nitrogens is 2. The Kier molecular flexibility index (Phi) is 8.10. The second-order valence-electron chi connectivity index (χ2n) is 14.8. The van der Waals surface area contributed by atoms with E-state index in [2.05, 4.69) is 170 Å². The molecule has 0 amide bonds. The lowest BCUT2D eigenvalue weighted by molar-refractivity contribution is 0.353. The van der Waals surface area contributed by atoms with Gasteiger partial charge in [-0.05, 0) is 74.5 Å². The van der Waals surface area contributed by atoms with Gasteiger partial charge in [0, 0.05) is 22.1 Å². The predicted octanol–water partition coefficient (Wildman–Crippen LogP) is 13.7. The average Bonchev–Trinajstić information content (AvgIpc) is 3.53. The summed E-state index contributed by atoms with van der Waals surface area (Å²) in [5.74, 6) is 0.722. The lowest BCUT2D eigenvalue weighted by atomic mass is 9.66. The van der Waals surface area contributed by atoms with Gasteiger partial charge in [-0.25, -0.2) is 9.97 Å². The number of hydrogen-bond donors (Lipinski definition) is 0. The van der Waals surface area contributed by atoms with Crippen molar-refractivity contribution in [3.8, 4) is 78.4 Å². The zero-order chi connectivity index (χ0) is 35.9. The lowest BCUT2D eigenvalue weighted by Crippen LogP contribution is -2.28. The lowest BCUT2D eigenvalue weighted by Gasteiger charge is -2.37. The van der Waals surface area contributed by atoms with Crippen LogP contribution in [0.15, 0.2) is 182 Å². The summed E-state index contributed by atoms with van der Waals surface area (Å²) >= 11 is 0. The van der Waals surface area contributed by atoms with E-state index in [9.17, 15) is 0 Å². The Balaban J connectivity index is 0.917. The van der Waals surface area contributed by atoms with E-state index in [1.807, 2.05) is 12.1 Å². The van der Waals surface area contributed by atoms with Gasteiger partial charge < -0.3 is 0 Å². The van der Waals surface area contributed by atoms with E-state index >= 15 is 0 Å². The highest BCUT2D eigenvalue weighted by Gasteiger charge is 2.45. The molecule has 1 fully saturated rings. The van der Waals surface area contributed by atoms with Gasteiger partial charge in [-0.2, -0.15) is 0 Å². The van der Waals surface area contributed by atoms with Gasteiger partial charge in [-0.1, -0.05) is 195 Å². The molecular weight excluding hydrogens is 653 g/mol. The highest BCUT2D eigenvalue weighted by atomic mass is 14.9. The Hall–Kier alpha value is -6.38. The molecule has 1 aromatic heterocycles. The predicted molar refractivity (Wildman–Crippen MR) is 224 cm³/mol. The third-order valence-electron chi connectivity index (χ3n) is 11.7. The van der Waals surface area contributed by atoms with Crippen LogP contribution >= 0.6 is 0 Å². The maximum Gasteiger partial charge on any atom is 0.160 e. The van der Waals surface area contributed by atoms with Crippen molar-refractivity contribution >= 4 is 0 Å². The minimum Gasteiger partial charge on any atom is -0.228 e. The van der Waals surface area contributed by atoms with Crippen LogP contribution in [0.5, 0.6) is 0 Å². The fourth-order valence-corrected chi connectivity index (χ4v) is 9.08. The summed E-state index contributed by atoms with van der Waals surface area (Å²) in [7, 11) is 0. The molecule has 0 N–H and O–H groups in total. The van der Waals surface area contributed by atoms with Crippen LogP contribution in [0, 0.1) is 0 Å². The largest absolute Gasteiger partial charge is 0.228 e. The van der Waals surface area contributed by atoms with Crippen LogP contribution in [0.4, 0.5) is 0 Å². The van der Waals surface area contributed by atoms with E-state index in [0.29, 0.717) is 0 Å². The number of rotatable bonds is 6. The van der Waals surface area contributed by atoms with Crippen molar-refractivity contribution in [3.63, 3.8) is 0 Å². The minimum absolute atomic E-state index is 0.137. The van der Waals surface area contributed by atoms with Gasteiger partial charge in [-0.3, -0.25) is 0 Å². The van der Waals surface area contributed by atoms with Gasteiger partial charge in [0.1, 0.15) is 0 Å². The Morgan fingerprint density at radius 3 is 1.33 bits per heavy atom. The molecular formula is C52H40N2. The first kappa shape index (κ1) is 32.3. The topological polar surface area (TPSA) is 25.8 Å². The molecule has 54 heavy (non-hydrogen) atoms. The number of hydrogen-bond acceptors (Lipinski definition) is 2. The van der Waals surface area contributed by atoms with Crippen molar-refractivity contribution < 1.29 is 0 Å². The van der Waals surface area contributed by atoms with Gasteiger partial charge in [0.25, 0.3) is 0 Å². The fraction of sp³-hybridized carbons (Fsp3) is 0.115. The van der Waals surface area contributed by atoms with Crippen LogP contribution in [0.25, 0.3) is 78.4 Å². The summed E-state index contributed by atoms with van der Waals surface area (Å²) in [5.41, 5.74) is 18.6. The molecule has 2 heteroatoms.